The van der Waals surface area contributed by atoms with Crippen LogP contribution in [0.2, 0.25) is 0 Å². The highest BCUT2D eigenvalue weighted by atomic mass is 19.1. The van der Waals surface area contributed by atoms with Crippen molar-refractivity contribution in [2.45, 2.75) is 39.5 Å². The second kappa shape index (κ2) is 7.24. The van der Waals surface area contributed by atoms with Gasteiger partial charge in [-0.05, 0) is 55.7 Å². The fraction of sp³-hybridized carbons (Fsp3) is 0.222. The Labute approximate surface area is 175 Å². The molecule has 0 fully saturated rings. The van der Waals surface area contributed by atoms with Crippen LogP contribution in [0.5, 0.6) is 0 Å². The third-order valence-electron chi connectivity index (χ3n) is 6.12. The average Bonchev–Trinajstić information content (AvgIpc) is 3.13. The Bertz CT molecular complexity index is 1390. The Hall–Kier alpha value is -3.20. The molecular weight excluding hydrogens is 373 g/mol. The number of fused-ring (bicyclic) bond motifs is 4. The highest BCUT2D eigenvalue weighted by Crippen LogP contribution is 2.40. The van der Waals surface area contributed by atoms with E-state index in [0.717, 1.165) is 62.7 Å². The maximum Gasteiger partial charge on any atom is 0.144 e. The van der Waals surface area contributed by atoms with Gasteiger partial charge in [0.2, 0.25) is 0 Å². The maximum absolute atomic E-state index is 14.8. The van der Waals surface area contributed by atoms with Gasteiger partial charge in [0.1, 0.15) is 17.0 Å². The SMILES string of the molecule is CCC(CC)c1cc2c(F)cccc2c(-c2cc(C)cc3c2oc2ccccc23)n1. The smallest absolute Gasteiger partial charge is 0.144 e. The van der Waals surface area contributed by atoms with Crippen LogP contribution in [0.3, 0.4) is 0 Å². The van der Waals surface area contributed by atoms with Crippen molar-refractivity contribution in [3.8, 4) is 11.3 Å². The lowest BCUT2D eigenvalue weighted by Gasteiger charge is -2.16. The molecule has 0 unspecified atom stereocenters. The van der Waals surface area contributed by atoms with Gasteiger partial charge in [0.15, 0.2) is 0 Å². The number of halogens is 1. The number of furan rings is 1. The summed E-state index contributed by atoms with van der Waals surface area (Å²) >= 11 is 0. The molecule has 30 heavy (non-hydrogen) atoms. The van der Waals surface area contributed by atoms with E-state index in [-0.39, 0.29) is 5.82 Å². The summed E-state index contributed by atoms with van der Waals surface area (Å²) < 4.78 is 21.1. The summed E-state index contributed by atoms with van der Waals surface area (Å²) in [6.45, 7) is 6.40. The summed E-state index contributed by atoms with van der Waals surface area (Å²) in [6.07, 6.45) is 1.94. The van der Waals surface area contributed by atoms with Gasteiger partial charge < -0.3 is 4.42 Å². The van der Waals surface area contributed by atoms with E-state index in [4.69, 9.17) is 9.40 Å². The largest absolute Gasteiger partial charge is 0.455 e. The van der Waals surface area contributed by atoms with Crippen LogP contribution in [-0.2, 0) is 0 Å². The van der Waals surface area contributed by atoms with E-state index < -0.39 is 0 Å². The van der Waals surface area contributed by atoms with E-state index in [9.17, 15) is 4.39 Å². The quantitative estimate of drug-likeness (QED) is 0.306. The molecule has 150 valence electrons. The number of benzene rings is 3. The molecule has 2 nitrogen and oxygen atoms in total. The number of aryl methyl sites for hydroxylation is 1. The van der Waals surface area contributed by atoms with Gasteiger partial charge in [0, 0.05) is 38.7 Å². The summed E-state index contributed by atoms with van der Waals surface area (Å²) in [6, 6.07) is 19.5. The lowest BCUT2D eigenvalue weighted by Crippen LogP contribution is -2.02. The molecule has 0 atom stereocenters. The molecule has 0 spiro atoms. The van der Waals surface area contributed by atoms with Gasteiger partial charge in [-0.15, -0.1) is 0 Å². The molecule has 2 heterocycles. The van der Waals surface area contributed by atoms with Crippen molar-refractivity contribution in [3.63, 3.8) is 0 Å². The van der Waals surface area contributed by atoms with E-state index in [2.05, 4.69) is 39.0 Å². The molecule has 0 N–H and O–H groups in total. The van der Waals surface area contributed by atoms with Crippen molar-refractivity contribution in [3.05, 3.63) is 77.7 Å². The summed E-state index contributed by atoms with van der Waals surface area (Å²) in [4.78, 5) is 5.09. The van der Waals surface area contributed by atoms with Crippen LogP contribution in [0.4, 0.5) is 4.39 Å². The lowest BCUT2D eigenvalue weighted by atomic mass is 9.94. The number of hydrogen-bond donors (Lipinski definition) is 0. The van der Waals surface area contributed by atoms with E-state index in [0.29, 0.717) is 11.3 Å². The Kier molecular flexibility index (Phi) is 4.54. The zero-order valence-corrected chi connectivity index (χ0v) is 17.5. The minimum Gasteiger partial charge on any atom is -0.455 e. The number of nitrogens with zero attached hydrogens (tertiary/aromatic N) is 1. The molecule has 0 amide bonds. The molecule has 2 aromatic heterocycles. The Balaban J connectivity index is 1.91. The van der Waals surface area contributed by atoms with Crippen LogP contribution in [0.25, 0.3) is 44.0 Å². The summed E-state index contributed by atoms with van der Waals surface area (Å²) in [5.41, 5.74) is 5.44. The fourth-order valence-electron chi connectivity index (χ4n) is 4.53. The zero-order chi connectivity index (χ0) is 20.8. The first kappa shape index (κ1) is 18.8. The average molecular weight is 397 g/mol. The predicted molar refractivity (Wildman–Crippen MR) is 122 cm³/mol. The van der Waals surface area contributed by atoms with Gasteiger partial charge >= 0.3 is 0 Å². The molecule has 0 radical (unpaired) electrons. The van der Waals surface area contributed by atoms with Crippen molar-refractivity contribution in [1.82, 2.24) is 4.98 Å². The Morgan fingerprint density at radius 1 is 0.867 bits per heavy atom. The molecule has 5 aromatic rings. The van der Waals surface area contributed by atoms with Gasteiger partial charge in [-0.3, -0.25) is 4.98 Å². The molecule has 5 rings (SSSR count). The standard InChI is InChI=1S/C27H24FNO/c1-4-17(5-2)24-15-20-19(10-8-11-23(20)28)26(29-24)22-14-16(3)13-21-18-9-6-7-12-25(18)30-27(21)22/h6-15,17H,4-5H2,1-3H3. The molecule has 0 aliphatic rings. The van der Waals surface area contributed by atoms with E-state index in [1.54, 1.807) is 6.07 Å². The van der Waals surface area contributed by atoms with Gasteiger partial charge in [0.25, 0.3) is 0 Å². The summed E-state index contributed by atoms with van der Waals surface area (Å²) in [7, 11) is 0. The highest BCUT2D eigenvalue weighted by molar-refractivity contribution is 6.11. The number of rotatable bonds is 4. The summed E-state index contributed by atoms with van der Waals surface area (Å²) in [5.74, 6) is 0.0839. The predicted octanol–water partition coefficient (Wildman–Crippen LogP) is 8.15. The normalized spacial score (nSPS) is 11.9. The fourth-order valence-corrected chi connectivity index (χ4v) is 4.53. The maximum atomic E-state index is 14.8. The van der Waals surface area contributed by atoms with E-state index >= 15 is 0 Å². The van der Waals surface area contributed by atoms with Crippen molar-refractivity contribution in [2.75, 3.05) is 0 Å². The Morgan fingerprint density at radius 2 is 1.63 bits per heavy atom. The molecule has 0 aliphatic carbocycles. The minimum absolute atomic E-state index is 0.211. The number of aromatic nitrogens is 1. The first-order valence-corrected chi connectivity index (χ1v) is 10.6. The van der Waals surface area contributed by atoms with Crippen LogP contribution in [0.15, 0.2) is 65.1 Å². The first-order chi connectivity index (χ1) is 14.6. The van der Waals surface area contributed by atoms with Gasteiger partial charge in [-0.1, -0.05) is 44.2 Å². The van der Waals surface area contributed by atoms with Gasteiger partial charge in [0.05, 0.1) is 5.69 Å². The molecule has 3 aromatic carbocycles. The molecular formula is C27H24FNO. The van der Waals surface area contributed by atoms with Crippen LogP contribution in [0, 0.1) is 12.7 Å². The number of para-hydroxylation sites is 1. The van der Waals surface area contributed by atoms with Crippen molar-refractivity contribution in [2.24, 2.45) is 0 Å². The Morgan fingerprint density at radius 3 is 2.43 bits per heavy atom. The van der Waals surface area contributed by atoms with Crippen molar-refractivity contribution in [1.29, 1.82) is 0 Å². The van der Waals surface area contributed by atoms with Gasteiger partial charge in [-0.2, -0.15) is 0 Å². The van der Waals surface area contributed by atoms with Crippen molar-refractivity contribution < 1.29 is 8.81 Å². The molecule has 0 saturated heterocycles. The van der Waals surface area contributed by atoms with E-state index in [1.165, 1.54) is 6.07 Å². The second-order valence-corrected chi connectivity index (χ2v) is 8.03. The third-order valence-corrected chi connectivity index (χ3v) is 6.12. The monoisotopic (exact) mass is 397 g/mol. The molecule has 3 heteroatoms. The van der Waals surface area contributed by atoms with Crippen LogP contribution in [-0.4, -0.2) is 4.98 Å². The topological polar surface area (TPSA) is 26.0 Å². The van der Waals surface area contributed by atoms with Crippen LogP contribution in [0.1, 0.15) is 43.9 Å². The molecule has 0 saturated carbocycles. The first-order valence-electron chi connectivity index (χ1n) is 10.6. The molecule has 0 bridgehead atoms. The van der Waals surface area contributed by atoms with Crippen LogP contribution >= 0.6 is 0 Å². The minimum atomic E-state index is -0.211. The van der Waals surface area contributed by atoms with E-state index in [1.807, 2.05) is 30.3 Å². The van der Waals surface area contributed by atoms with Crippen molar-refractivity contribution >= 4 is 32.7 Å². The summed E-state index contributed by atoms with van der Waals surface area (Å²) in [5, 5.41) is 3.59. The third kappa shape index (κ3) is 2.88. The zero-order valence-electron chi connectivity index (χ0n) is 17.5. The number of pyridine rings is 1. The second-order valence-electron chi connectivity index (χ2n) is 8.03. The molecule has 0 aliphatic heterocycles. The van der Waals surface area contributed by atoms with Gasteiger partial charge in [-0.25, -0.2) is 4.39 Å². The lowest BCUT2D eigenvalue weighted by molar-refractivity contribution is 0.621. The number of hydrogen-bond acceptors (Lipinski definition) is 2. The van der Waals surface area contributed by atoms with Crippen LogP contribution < -0.4 is 0 Å². The highest BCUT2D eigenvalue weighted by Gasteiger charge is 2.20.